The number of aryl methyl sites for hydroxylation is 2. The molecule has 0 saturated heterocycles. The molecule has 0 radical (unpaired) electrons. The van der Waals surface area contributed by atoms with E-state index in [0.29, 0.717) is 11.6 Å². The fourth-order valence-electron chi connectivity index (χ4n) is 2.72. The number of amides is 1. The SMILES string of the molecule is CSc1nc(C)c(CCC(=O)NC(Cc2ccccc2)C(=O)O)c(C)n1. The van der Waals surface area contributed by atoms with Crippen LogP contribution < -0.4 is 5.32 Å². The first-order valence-electron chi connectivity index (χ1n) is 8.35. The second-order valence-corrected chi connectivity index (χ2v) is 6.78. The summed E-state index contributed by atoms with van der Waals surface area (Å²) in [5.74, 6) is -1.33. The minimum atomic E-state index is -1.04. The van der Waals surface area contributed by atoms with Crippen molar-refractivity contribution in [2.45, 2.75) is 44.3 Å². The van der Waals surface area contributed by atoms with Gasteiger partial charge in [0, 0.05) is 24.2 Å². The summed E-state index contributed by atoms with van der Waals surface area (Å²) in [6, 6.07) is 8.31. The lowest BCUT2D eigenvalue weighted by molar-refractivity contribution is -0.141. The van der Waals surface area contributed by atoms with Crippen LogP contribution in [0.3, 0.4) is 0 Å². The van der Waals surface area contributed by atoms with Gasteiger partial charge in [-0.2, -0.15) is 0 Å². The molecular formula is C19H23N3O3S. The molecular weight excluding hydrogens is 350 g/mol. The van der Waals surface area contributed by atoms with Crippen LogP contribution in [0.4, 0.5) is 0 Å². The highest BCUT2D eigenvalue weighted by Crippen LogP contribution is 2.17. The molecule has 1 aromatic carbocycles. The number of aliphatic carboxylic acids is 1. The minimum Gasteiger partial charge on any atom is -0.480 e. The highest BCUT2D eigenvalue weighted by atomic mass is 32.2. The zero-order valence-electron chi connectivity index (χ0n) is 15.2. The molecule has 138 valence electrons. The highest BCUT2D eigenvalue weighted by Gasteiger charge is 2.20. The van der Waals surface area contributed by atoms with Gasteiger partial charge in [0.25, 0.3) is 0 Å². The van der Waals surface area contributed by atoms with Gasteiger partial charge in [0.05, 0.1) is 0 Å². The van der Waals surface area contributed by atoms with E-state index in [4.69, 9.17) is 0 Å². The number of benzene rings is 1. The van der Waals surface area contributed by atoms with Crippen LogP contribution in [0.1, 0.15) is 28.9 Å². The van der Waals surface area contributed by atoms with Crippen LogP contribution in [0.2, 0.25) is 0 Å². The van der Waals surface area contributed by atoms with Crippen molar-refractivity contribution in [1.82, 2.24) is 15.3 Å². The first kappa shape index (κ1) is 19.9. The van der Waals surface area contributed by atoms with Crippen molar-refractivity contribution in [1.29, 1.82) is 0 Å². The summed E-state index contributed by atoms with van der Waals surface area (Å²) in [5, 5.41) is 12.7. The predicted molar refractivity (Wildman–Crippen MR) is 101 cm³/mol. The molecule has 1 unspecified atom stereocenters. The second kappa shape index (κ2) is 9.33. The molecule has 6 nitrogen and oxygen atoms in total. The molecule has 0 spiro atoms. The van der Waals surface area contributed by atoms with E-state index in [0.717, 1.165) is 22.5 Å². The molecule has 0 aliphatic heterocycles. The van der Waals surface area contributed by atoms with Gasteiger partial charge in [0.2, 0.25) is 5.91 Å². The Morgan fingerprint density at radius 1 is 1.15 bits per heavy atom. The molecule has 0 fully saturated rings. The Kier molecular flexibility index (Phi) is 7.15. The average molecular weight is 373 g/mol. The lowest BCUT2D eigenvalue weighted by Crippen LogP contribution is -2.42. The third-order valence-corrected chi connectivity index (χ3v) is 4.65. The topological polar surface area (TPSA) is 92.2 Å². The first-order chi connectivity index (χ1) is 12.4. The van der Waals surface area contributed by atoms with E-state index in [9.17, 15) is 14.7 Å². The Morgan fingerprint density at radius 2 is 1.77 bits per heavy atom. The molecule has 2 aromatic rings. The molecule has 0 bridgehead atoms. The van der Waals surface area contributed by atoms with E-state index in [1.807, 2.05) is 50.4 Å². The van der Waals surface area contributed by atoms with E-state index in [-0.39, 0.29) is 18.7 Å². The number of carbonyl (C=O) groups excluding carboxylic acids is 1. The number of rotatable bonds is 8. The number of aromatic nitrogens is 2. The van der Waals surface area contributed by atoms with Crippen LogP contribution in [0.25, 0.3) is 0 Å². The summed E-state index contributed by atoms with van der Waals surface area (Å²) in [5.41, 5.74) is 3.52. The van der Waals surface area contributed by atoms with Crippen molar-refractivity contribution in [3.05, 3.63) is 52.8 Å². The predicted octanol–water partition coefficient (Wildman–Crippen LogP) is 2.56. The van der Waals surface area contributed by atoms with Gasteiger partial charge in [-0.15, -0.1) is 0 Å². The molecule has 0 saturated carbocycles. The van der Waals surface area contributed by atoms with Crippen molar-refractivity contribution >= 4 is 23.6 Å². The molecule has 7 heteroatoms. The van der Waals surface area contributed by atoms with Gasteiger partial charge in [-0.3, -0.25) is 4.79 Å². The van der Waals surface area contributed by atoms with E-state index in [2.05, 4.69) is 15.3 Å². The van der Waals surface area contributed by atoms with Crippen LogP contribution >= 0.6 is 11.8 Å². The van der Waals surface area contributed by atoms with Gasteiger partial charge < -0.3 is 10.4 Å². The van der Waals surface area contributed by atoms with Gasteiger partial charge in [-0.1, -0.05) is 42.1 Å². The number of carboxylic acids is 1. The first-order valence-corrected chi connectivity index (χ1v) is 9.57. The number of nitrogens with one attached hydrogen (secondary N) is 1. The number of thioether (sulfide) groups is 1. The molecule has 1 heterocycles. The molecule has 1 amide bonds. The Balaban J connectivity index is 1.97. The zero-order valence-corrected chi connectivity index (χ0v) is 16.0. The molecule has 0 aliphatic carbocycles. The fraction of sp³-hybridized carbons (Fsp3) is 0.368. The maximum absolute atomic E-state index is 12.2. The van der Waals surface area contributed by atoms with E-state index in [1.54, 1.807) is 0 Å². The summed E-state index contributed by atoms with van der Waals surface area (Å²) < 4.78 is 0. The maximum atomic E-state index is 12.2. The summed E-state index contributed by atoms with van der Waals surface area (Å²) in [4.78, 5) is 32.5. The molecule has 0 aliphatic rings. The van der Waals surface area contributed by atoms with E-state index < -0.39 is 12.0 Å². The molecule has 1 atom stereocenters. The number of hydrogen-bond acceptors (Lipinski definition) is 5. The Morgan fingerprint density at radius 3 is 2.31 bits per heavy atom. The minimum absolute atomic E-state index is 0.197. The van der Waals surface area contributed by atoms with Crippen LogP contribution in [0.5, 0.6) is 0 Å². The monoisotopic (exact) mass is 373 g/mol. The van der Waals surface area contributed by atoms with Crippen LogP contribution in [-0.2, 0) is 22.4 Å². The Bertz CT molecular complexity index is 758. The lowest BCUT2D eigenvalue weighted by atomic mass is 10.0. The Labute approximate surface area is 157 Å². The summed E-state index contributed by atoms with van der Waals surface area (Å²) in [7, 11) is 0. The normalized spacial score (nSPS) is 11.8. The number of nitrogens with zero attached hydrogens (tertiary/aromatic N) is 2. The van der Waals surface area contributed by atoms with Gasteiger partial charge in [-0.25, -0.2) is 14.8 Å². The maximum Gasteiger partial charge on any atom is 0.326 e. The third-order valence-electron chi connectivity index (χ3n) is 4.10. The second-order valence-electron chi connectivity index (χ2n) is 6.01. The number of carboxylic acid groups (broad SMARTS) is 1. The fourth-order valence-corrected chi connectivity index (χ4v) is 3.17. The van der Waals surface area contributed by atoms with E-state index in [1.165, 1.54) is 11.8 Å². The molecule has 2 N–H and O–H groups in total. The Hall–Kier alpha value is -2.41. The lowest BCUT2D eigenvalue weighted by Gasteiger charge is -2.15. The van der Waals surface area contributed by atoms with Crippen molar-refractivity contribution in [3.8, 4) is 0 Å². The van der Waals surface area contributed by atoms with Crippen molar-refractivity contribution in [3.63, 3.8) is 0 Å². The number of hydrogen-bond donors (Lipinski definition) is 2. The molecule has 1 aromatic heterocycles. The van der Waals surface area contributed by atoms with Crippen LogP contribution in [0, 0.1) is 13.8 Å². The summed E-state index contributed by atoms with van der Waals surface area (Å²) in [6.45, 7) is 3.80. The third kappa shape index (κ3) is 5.56. The smallest absolute Gasteiger partial charge is 0.326 e. The van der Waals surface area contributed by atoms with Gasteiger partial charge >= 0.3 is 5.97 Å². The largest absolute Gasteiger partial charge is 0.480 e. The summed E-state index contributed by atoms with van der Waals surface area (Å²) in [6.07, 6.45) is 2.85. The zero-order chi connectivity index (χ0) is 19.1. The van der Waals surface area contributed by atoms with Crippen molar-refractivity contribution in [2.75, 3.05) is 6.26 Å². The van der Waals surface area contributed by atoms with Gasteiger partial charge in [0.15, 0.2) is 5.16 Å². The highest BCUT2D eigenvalue weighted by molar-refractivity contribution is 7.98. The van der Waals surface area contributed by atoms with Crippen molar-refractivity contribution in [2.24, 2.45) is 0 Å². The molecule has 2 rings (SSSR count). The van der Waals surface area contributed by atoms with E-state index >= 15 is 0 Å². The molecule has 26 heavy (non-hydrogen) atoms. The average Bonchev–Trinajstić information content (AvgIpc) is 2.61. The van der Waals surface area contributed by atoms with Crippen molar-refractivity contribution < 1.29 is 14.7 Å². The quantitative estimate of drug-likeness (QED) is 0.546. The van der Waals surface area contributed by atoms with Gasteiger partial charge in [-0.05, 0) is 37.7 Å². The number of carbonyl (C=O) groups is 2. The summed E-state index contributed by atoms with van der Waals surface area (Å²) >= 11 is 1.48. The van der Waals surface area contributed by atoms with Crippen LogP contribution in [-0.4, -0.2) is 39.2 Å². The van der Waals surface area contributed by atoms with Gasteiger partial charge in [0.1, 0.15) is 6.04 Å². The standard InChI is InChI=1S/C19H23N3O3S/c1-12-15(13(2)21-19(20-12)26-3)9-10-17(23)22-16(18(24)25)11-14-7-5-4-6-8-14/h4-8,16H,9-11H2,1-3H3,(H,22,23)(H,24,25). The van der Waals surface area contributed by atoms with Crippen LogP contribution in [0.15, 0.2) is 35.5 Å².